The summed E-state index contributed by atoms with van der Waals surface area (Å²) in [4.78, 5) is 11.7. The number of nitrogens with two attached hydrogens (primary N) is 1. The molecule has 0 saturated heterocycles. The van der Waals surface area contributed by atoms with Gasteiger partial charge in [-0.2, -0.15) is 0 Å². The molecule has 1 amide bonds. The minimum absolute atomic E-state index is 0.139. The van der Waals surface area contributed by atoms with E-state index in [4.69, 9.17) is 33.2 Å². The van der Waals surface area contributed by atoms with E-state index in [0.29, 0.717) is 22.2 Å². The predicted octanol–water partition coefficient (Wildman–Crippen LogP) is 1.36. The van der Waals surface area contributed by atoms with Gasteiger partial charge in [-0.3, -0.25) is 4.79 Å². The molecule has 6 heteroatoms. The smallest absolute Gasteiger partial charge is 0.242 e. The van der Waals surface area contributed by atoms with Crippen molar-refractivity contribution in [3.8, 4) is 23.8 Å². The lowest BCUT2D eigenvalue weighted by molar-refractivity contribution is -0.117. The van der Waals surface area contributed by atoms with E-state index in [1.54, 1.807) is 12.1 Å². The molecule has 0 spiro atoms. The molecule has 18 heavy (non-hydrogen) atoms. The number of amides is 1. The summed E-state index contributed by atoms with van der Waals surface area (Å²) in [5.74, 6) is 3.01. The van der Waals surface area contributed by atoms with Gasteiger partial charge >= 0.3 is 0 Å². The van der Waals surface area contributed by atoms with Crippen LogP contribution in [0.2, 0.25) is 5.02 Å². The second-order valence-electron chi connectivity index (χ2n) is 3.69. The molecule has 1 unspecified atom stereocenters. The average molecular weight is 267 g/mol. The molecule has 0 aliphatic carbocycles. The van der Waals surface area contributed by atoms with Crippen molar-refractivity contribution in [1.29, 1.82) is 0 Å². The molecule has 1 aliphatic heterocycles. The summed E-state index contributed by atoms with van der Waals surface area (Å²) in [6.07, 6.45) is 5.25. The first-order chi connectivity index (χ1) is 8.61. The van der Waals surface area contributed by atoms with Crippen LogP contribution in [0.1, 0.15) is 6.42 Å². The summed E-state index contributed by atoms with van der Waals surface area (Å²) < 4.78 is 10.3. The Balaban J connectivity index is 2.15. The van der Waals surface area contributed by atoms with Crippen LogP contribution < -0.4 is 20.5 Å². The quantitative estimate of drug-likeness (QED) is 0.810. The van der Waals surface area contributed by atoms with Gasteiger partial charge in [0.05, 0.1) is 16.8 Å². The van der Waals surface area contributed by atoms with Crippen molar-refractivity contribution in [2.45, 2.75) is 12.5 Å². The van der Waals surface area contributed by atoms with E-state index < -0.39 is 11.9 Å². The molecular formula is C12H11ClN2O3. The summed E-state index contributed by atoms with van der Waals surface area (Å²) >= 11 is 6.00. The Morgan fingerprint density at radius 3 is 2.89 bits per heavy atom. The molecule has 1 heterocycles. The molecule has 3 N–H and O–H groups in total. The molecule has 1 atom stereocenters. The third kappa shape index (κ3) is 2.50. The van der Waals surface area contributed by atoms with Crippen molar-refractivity contribution in [2.75, 3.05) is 12.1 Å². The first-order valence-corrected chi connectivity index (χ1v) is 5.58. The van der Waals surface area contributed by atoms with Gasteiger partial charge in [-0.1, -0.05) is 11.6 Å². The summed E-state index contributed by atoms with van der Waals surface area (Å²) in [6, 6.07) is 2.40. The van der Waals surface area contributed by atoms with Crippen molar-refractivity contribution >= 4 is 23.2 Å². The van der Waals surface area contributed by atoms with Crippen LogP contribution in [-0.2, 0) is 4.79 Å². The minimum Gasteiger partial charge on any atom is -0.454 e. The Morgan fingerprint density at radius 2 is 2.22 bits per heavy atom. The van der Waals surface area contributed by atoms with E-state index in [9.17, 15) is 4.79 Å². The molecule has 2 rings (SSSR count). The van der Waals surface area contributed by atoms with Gasteiger partial charge in [-0.25, -0.2) is 0 Å². The van der Waals surface area contributed by atoms with Gasteiger partial charge in [0.1, 0.15) is 0 Å². The van der Waals surface area contributed by atoms with Gasteiger partial charge in [0.25, 0.3) is 0 Å². The number of carbonyl (C=O) groups excluding carboxylic acids is 1. The lowest BCUT2D eigenvalue weighted by Crippen LogP contribution is -2.35. The van der Waals surface area contributed by atoms with Crippen molar-refractivity contribution in [3.05, 3.63) is 17.2 Å². The highest BCUT2D eigenvalue weighted by molar-refractivity contribution is 6.34. The Labute approximate surface area is 109 Å². The van der Waals surface area contributed by atoms with Gasteiger partial charge in [-0.15, -0.1) is 12.3 Å². The maximum Gasteiger partial charge on any atom is 0.242 e. The van der Waals surface area contributed by atoms with Crippen LogP contribution in [-0.4, -0.2) is 18.7 Å². The lowest BCUT2D eigenvalue weighted by Gasteiger charge is -2.11. The maximum absolute atomic E-state index is 11.7. The minimum atomic E-state index is -0.767. The molecule has 0 saturated carbocycles. The summed E-state index contributed by atoms with van der Waals surface area (Å²) in [5.41, 5.74) is 6.00. The third-order valence-electron chi connectivity index (χ3n) is 2.39. The van der Waals surface area contributed by atoms with E-state index >= 15 is 0 Å². The van der Waals surface area contributed by atoms with Crippen molar-refractivity contribution in [1.82, 2.24) is 0 Å². The SMILES string of the molecule is C#CCC(N)C(=O)Nc1cc2c(cc1Cl)OCO2. The Bertz CT molecular complexity index is 525. The zero-order chi connectivity index (χ0) is 13.1. The largest absolute Gasteiger partial charge is 0.454 e. The zero-order valence-corrected chi connectivity index (χ0v) is 10.2. The van der Waals surface area contributed by atoms with Gasteiger partial charge in [0.15, 0.2) is 11.5 Å². The number of hydrogen-bond acceptors (Lipinski definition) is 4. The number of fused-ring (bicyclic) bond motifs is 1. The highest BCUT2D eigenvalue weighted by Gasteiger charge is 2.19. The van der Waals surface area contributed by atoms with Gasteiger partial charge < -0.3 is 20.5 Å². The number of halogens is 1. The van der Waals surface area contributed by atoms with Crippen LogP contribution in [0.15, 0.2) is 12.1 Å². The fourth-order valence-corrected chi connectivity index (χ4v) is 1.66. The van der Waals surface area contributed by atoms with Crippen LogP contribution in [0.5, 0.6) is 11.5 Å². The fourth-order valence-electron chi connectivity index (χ4n) is 1.46. The molecule has 94 valence electrons. The number of rotatable bonds is 3. The molecule has 1 aliphatic rings. The topological polar surface area (TPSA) is 73.6 Å². The Hall–Kier alpha value is -1.90. The van der Waals surface area contributed by atoms with E-state index in [-0.39, 0.29) is 13.2 Å². The standard InChI is InChI=1S/C12H11ClN2O3/c1-2-3-8(14)12(16)15-9-5-11-10(4-7(9)13)17-6-18-11/h1,4-5,8H,3,6,14H2,(H,15,16). The van der Waals surface area contributed by atoms with Crippen molar-refractivity contribution in [2.24, 2.45) is 5.73 Å². The van der Waals surface area contributed by atoms with Gasteiger partial charge in [0.2, 0.25) is 12.7 Å². The number of hydrogen-bond donors (Lipinski definition) is 2. The van der Waals surface area contributed by atoms with E-state index in [1.807, 2.05) is 0 Å². The number of nitrogens with one attached hydrogen (secondary N) is 1. The summed E-state index contributed by atoms with van der Waals surface area (Å²) in [6.45, 7) is 0.139. The highest BCUT2D eigenvalue weighted by Crippen LogP contribution is 2.39. The second-order valence-corrected chi connectivity index (χ2v) is 4.10. The van der Waals surface area contributed by atoms with Crippen LogP contribution >= 0.6 is 11.6 Å². The molecule has 0 radical (unpaired) electrons. The maximum atomic E-state index is 11.7. The molecule has 0 bridgehead atoms. The van der Waals surface area contributed by atoms with E-state index in [1.165, 1.54) is 0 Å². The average Bonchev–Trinajstić information content (AvgIpc) is 2.76. The van der Waals surface area contributed by atoms with Crippen LogP contribution in [0, 0.1) is 12.3 Å². The first-order valence-electron chi connectivity index (χ1n) is 5.21. The summed E-state index contributed by atoms with van der Waals surface area (Å²) in [5, 5.41) is 2.95. The number of carbonyl (C=O) groups is 1. The monoisotopic (exact) mass is 266 g/mol. The zero-order valence-electron chi connectivity index (χ0n) is 9.40. The summed E-state index contributed by atoms with van der Waals surface area (Å²) in [7, 11) is 0. The van der Waals surface area contributed by atoms with Gasteiger partial charge in [-0.05, 0) is 0 Å². The predicted molar refractivity (Wildman–Crippen MR) is 67.6 cm³/mol. The number of benzene rings is 1. The van der Waals surface area contributed by atoms with E-state index in [2.05, 4.69) is 11.2 Å². The van der Waals surface area contributed by atoms with E-state index in [0.717, 1.165) is 0 Å². The Morgan fingerprint density at radius 1 is 1.56 bits per heavy atom. The molecule has 1 aromatic rings. The molecule has 1 aromatic carbocycles. The Kier molecular flexibility index (Phi) is 3.60. The molecule has 0 aromatic heterocycles. The molecular weight excluding hydrogens is 256 g/mol. The number of ether oxygens (including phenoxy) is 2. The number of anilines is 1. The third-order valence-corrected chi connectivity index (χ3v) is 2.71. The lowest BCUT2D eigenvalue weighted by atomic mass is 10.2. The number of terminal acetylenes is 1. The first kappa shape index (κ1) is 12.6. The highest BCUT2D eigenvalue weighted by atomic mass is 35.5. The van der Waals surface area contributed by atoms with Crippen LogP contribution in [0.25, 0.3) is 0 Å². The van der Waals surface area contributed by atoms with Crippen molar-refractivity contribution in [3.63, 3.8) is 0 Å². The van der Waals surface area contributed by atoms with Crippen LogP contribution in [0.4, 0.5) is 5.69 Å². The second kappa shape index (κ2) is 5.17. The molecule has 0 fully saturated rings. The molecule has 5 nitrogen and oxygen atoms in total. The van der Waals surface area contributed by atoms with Crippen molar-refractivity contribution < 1.29 is 14.3 Å². The van der Waals surface area contributed by atoms with Crippen LogP contribution in [0.3, 0.4) is 0 Å². The normalized spacial score (nSPS) is 13.8. The van der Waals surface area contributed by atoms with Gasteiger partial charge in [0, 0.05) is 18.6 Å². The fraction of sp³-hybridized carbons (Fsp3) is 0.250.